The van der Waals surface area contributed by atoms with E-state index in [1.165, 1.54) is 64.2 Å². The second-order valence-corrected chi connectivity index (χ2v) is 11.3. The van der Waals surface area contributed by atoms with E-state index in [9.17, 15) is 0 Å². The summed E-state index contributed by atoms with van der Waals surface area (Å²) in [6, 6.07) is 2.86. The highest BCUT2D eigenvalue weighted by Gasteiger charge is 2.51. The summed E-state index contributed by atoms with van der Waals surface area (Å²) in [6.45, 7) is 2.54. The molecule has 0 aromatic carbocycles. The molecule has 1 saturated heterocycles. The molecule has 4 aliphatic carbocycles. The summed E-state index contributed by atoms with van der Waals surface area (Å²) in [6.07, 6.45) is 19.8. The minimum absolute atomic E-state index is 0.947. The number of rotatable bonds is 1. The summed E-state index contributed by atoms with van der Waals surface area (Å²) < 4.78 is 0. The molecule has 2 heteroatoms. The average Bonchev–Trinajstić information content (AvgIpc) is 3.00. The molecule has 0 spiro atoms. The van der Waals surface area contributed by atoms with Crippen LogP contribution in [-0.4, -0.2) is 33.5 Å². The van der Waals surface area contributed by atoms with E-state index in [1.807, 2.05) is 0 Å². The number of fused-ring (bicyclic) bond motifs is 3. The van der Waals surface area contributed by atoms with Crippen LogP contribution in [0.3, 0.4) is 0 Å². The largest absolute Gasteiger partial charge is 0.292 e. The lowest BCUT2D eigenvalue weighted by Crippen LogP contribution is -2.63. The van der Waals surface area contributed by atoms with E-state index in [1.54, 1.807) is 19.3 Å². The predicted octanol–water partition coefficient (Wildman–Crippen LogP) is 5.87. The Balaban J connectivity index is 1.45. The summed E-state index contributed by atoms with van der Waals surface area (Å²) in [5.41, 5.74) is 0. The number of hydrogen-bond acceptors (Lipinski definition) is 2. The molecule has 0 N–H and O–H groups in total. The molecular weight excluding hydrogens is 310 g/mol. The third kappa shape index (κ3) is 2.79. The molecule has 8 unspecified atom stereocenters. The SMILES string of the molecule is CC1CC2CCCC(N3C4CCCCC4SC4CCCCC43)C2C1. The Labute approximate surface area is 153 Å². The molecule has 24 heavy (non-hydrogen) atoms. The van der Waals surface area contributed by atoms with Crippen LogP contribution < -0.4 is 0 Å². The lowest BCUT2D eigenvalue weighted by atomic mass is 9.74. The zero-order chi connectivity index (χ0) is 16.1. The zero-order valence-electron chi connectivity index (χ0n) is 15.7. The van der Waals surface area contributed by atoms with Crippen molar-refractivity contribution in [3.05, 3.63) is 0 Å². The van der Waals surface area contributed by atoms with Crippen LogP contribution in [0.1, 0.15) is 90.4 Å². The van der Waals surface area contributed by atoms with Crippen molar-refractivity contribution in [1.29, 1.82) is 0 Å². The summed E-state index contributed by atoms with van der Waals surface area (Å²) in [5, 5.41) is 1.97. The van der Waals surface area contributed by atoms with Crippen LogP contribution in [-0.2, 0) is 0 Å². The van der Waals surface area contributed by atoms with Crippen LogP contribution >= 0.6 is 11.8 Å². The fourth-order valence-electron chi connectivity index (χ4n) is 7.54. The van der Waals surface area contributed by atoms with E-state index in [2.05, 4.69) is 23.6 Å². The Morgan fingerprint density at radius 3 is 2.00 bits per heavy atom. The van der Waals surface area contributed by atoms with Crippen LogP contribution in [0.4, 0.5) is 0 Å². The molecule has 0 amide bonds. The van der Waals surface area contributed by atoms with Gasteiger partial charge in [-0.3, -0.25) is 4.90 Å². The maximum absolute atomic E-state index is 3.24. The van der Waals surface area contributed by atoms with Gasteiger partial charge >= 0.3 is 0 Å². The molecule has 136 valence electrons. The molecule has 8 atom stereocenters. The van der Waals surface area contributed by atoms with Crippen molar-refractivity contribution in [3.8, 4) is 0 Å². The van der Waals surface area contributed by atoms with Crippen molar-refractivity contribution in [2.24, 2.45) is 17.8 Å². The van der Waals surface area contributed by atoms with Gasteiger partial charge in [0.15, 0.2) is 0 Å². The highest BCUT2D eigenvalue weighted by molar-refractivity contribution is 8.00. The third-order valence-electron chi connectivity index (χ3n) is 8.39. The average molecular weight is 348 g/mol. The topological polar surface area (TPSA) is 3.24 Å². The Hall–Kier alpha value is 0.310. The van der Waals surface area contributed by atoms with Crippen LogP contribution in [0.15, 0.2) is 0 Å². The van der Waals surface area contributed by atoms with E-state index in [0.29, 0.717) is 0 Å². The minimum Gasteiger partial charge on any atom is -0.292 e. The lowest BCUT2D eigenvalue weighted by molar-refractivity contribution is -0.0160. The maximum atomic E-state index is 3.24. The smallest absolute Gasteiger partial charge is 0.0221 e. The van der Waals surface area contributed by atoms with Crippen molar-refractivity contribution in [2.75, 3.05) is 0 Å². The Bertz CT molecular complexity index is 429. The third-order valence-corrected chi connectivity index (χ3v) is 10.2. The summed E-state index contributed by atoms with van der Waals surface area (Å²) in [5.74, 6) is 3.14. The van der Waals surface area contributed by atoms with Gasteiger partial charge in [-0.05, 0) is 62.7 Å². The number of nitrogens with zero attached hydrogens (tertiary/aromatic N) is 1. The van der Waals surface area contributed by atoms with Gasteiger partial charge in [0.25, 0.3) is 0 Å². The minimum atomic E-state index is 0.947. The van der Waals surface area contributed by atoms with Crippen LogP contribution in [0.5, 0.6) is 0 Å². The van der Waals surface area contributed by atoms with Crippen molar-refractivity contribution >= 4 is 11.8 Å². The van der Waals surface area contributed by atoms with Gasteiger partial charge in [-0.1, -0.05) is 45.4 Å². The monoisotopic (exact) mass is 347 g/mol. The first kappa shape index (κ1) is 16.5. The first-order chi connectivity index (χ1) is 11.8. The van der Waals surface area contributed by atoms with Crippen LogP contribution in [0.2, 0.25) is 0 Å². The van der Waals surface area contributed by atoms with E-state index in [0.717, 1.165) is 46.4 Å². The number of thioether (sulfide) groups is 1. The van der Waals surface area contributed by atoms with Gasteiger partial charge in [-0.15, -0.1) is 0 Å². The van der Waals surface area contributed by atoms with Gasteiger partial charge in [0, 0.05) is 28.6 Å². The fourth-order valence-corrected chi connectivity index (χ4v) is 9.51. The molecule has 1 nitrogen and oxygen atoms in total. The summed E-state index contributed by atoms with van der Waals surface area (Å²) >= 11 is 2.45. The van der Waals surface area contributed by atoms with E-state index < -0.39 is 0 Å². The molecule has 0 aromatic rings. The predicted molar refractivity (Wildman–Crippen MR) is 105 cm³/mol. The molecule has 5 fully saturated rings. The summed E-state index contributed by atoms with van der Waals surface area (Å²) in [4.78, 5) is 3.24. The molecule has 1 aliphatic heterocycles. The normalized spacial score (nSPS) is 52.4. The van der Waals surface area contributed by atoms with E-state index in [4.69, 9.17) is 0 Å². The van der Waals surface area contributed by atoms with Crippen LogP contribution in [0.25, 0.3) is 0 Å². The highest BCUT2D eigenvalue weighted by Crippen LogP contribution is 2.53. The Morgan fingerprint density at radius 1 is 0.667 bits per heavy atom. The second-order valence-electron chi connectivity index (χ2n) is 9.86. The van der Waals surface area contributed by atoms with Gasteiger partial charge in [-0.25, -0.2) is 0 Å². The van der Waals surface area contributed by atoms with Crippen molar-refractivity contribution in [2.45, 2.75) is 119 Å². The Morgan fingerprint density at radius 2 is 1.29 bits per heavy atom. The molecule has 4 saturated carbocycles. The molecule has 0 radical (unpaired) electrons. The van der Waals surface area contributed by atoms with Crippen LogP contribution in [0, 0.1) is 17.8 Å². The van der Waals surface area contributed by atoms with Crippen molar-refractivity contribution < 1.29 is 0 Å². The van der Waals surface area contributed by atoms with Crippen molar-refractivity contribution in [3.63, 3.8) is 0 Å². The zero-order valence-corrected chi connectivity index (χ0v) is 16.5. The summed E-state index contributed by atoms with van der Waals surface area (Å²) in [7, 11) is 0. The molecule has 5 aliphatic rings. The number of hydrogen-bond donors (Lipinski definition) is 0. The molecule has 5 rings (SSSR count). The lowest BCUT2D eigenvalue weighted by Gasteiger charge is -2.58. The molecule has 0 bridgehead atoms. The first-order valence-electron chi connectivity index (χ1n) is 11.2. The van der Waals surface area contributed by atoms with E-state index >= 15 is 0 Å². The highest BCUT2D eigenvalue weighted by atomic mass is 32.2. The van der Waals surface area contributed by atoms with Gasteiger partial charge in [0.2, 0.25) is 0 Å². The molecule has 0 aromatic heterocycles. The van der Waals surface area contributed by atoms with E-state index in [-0.39, 0.29) is 0 Å². The van der Waals surface area contributed by atoms with Crippen molar-refractivity contribution in [1.82, 2.24) is 4.90 Å². The maximum Gasteiger partial charge on any atom is 0.0221 e. The first-order valence-corrected chi connectivity index (χ1v) is 12.2. The van der Waals surface area contributed by atoms with Gasteiger partial charge < -0.3 is 0 Å². The quantitative estimate of drug-likeness (QED) is 0.583. The van der Waals surface area contributed by atoms with Gasteiger partial charge in [-0.2, -0.15) is 11.8 Å². The van der Waals surface area contributed by atoms with Gasteiger partial charge in [0.1, 0.15) is 0 Å². The standard InChI is InChI=1S/C22H37NS/c1-15-13-16-7-6-10-18(17(16)14-15)23-19-8-2-4-11-21(19)24-22-12-5-3-9-20(22)23/h15-22H,2-14H2,1H3. The van der Waals surface area contributed by atoms with Gasteiger partial charge in [0.05, 0.1) is 0 Å². The second kappa shape index (κ2) is 6.80. The molecule has 1 heterocycles. The fraction of sp³-hybridized carbons (Fsp3) is 1.00. The molecular formula is C22H37NS. The Kier molecular flexibility index (Phi) is 4.67.